The first-order valence-corrected chi connectivity index (χ1v) is 3.80. The molecule has 0 rings (SSSR count). The molecular weight excluding hydrogens is 120 g/mol. The van der Waals surface area contributed by atoms with Crippen LogP contribution in [0.25, 0.3) is 0 Å². The lowest BCUT2D eigenvalue weighted by atomic mass is 10.4. The minimum atomic E-state index is 0.931. The maximum absolute atomic E-state index is 4.53. The number of hydrogen-bond acceptors (Lipinski definition) is 1. The molecule has 0 radical (unpaired) electrons. The topological polar surface area (TPSA) is 9.23 Å². The van der Waals surface area contributed by atoms with Crippen LogP contribution >= 0.6 is 0 Å². The Hall–Kier alpha value is 0.134. The Morgan fingerprint density at radius 2 is 1.43 bits per heavy atom. The number of rotatable bonds is 0. The molecule has 0 aromatic rings. The average molecular weight is 134 g/mol. The van der Waals surface area contributed by atoms with Crippen LogP contribution in [0.3, 0.4) is 0 Å². The lowest BCUT2D eigenvalue weighted by molar-refractivity contribution is 0.690. The normalized spacial score (nSPS) is 7.14. The zero-order chi connectivity index (χ0) is 6.28. The molecule has 0 fully saturated rings. The molecule has 0 aliphatic rings. The molecule has 44 valence electrons. The van der Waals surface area contributed by atoms with Crippen LogP contribution in [0.1, 0.15) is 13.8 Å². The van der Waals surface area contributed by atoms with E-state index in [0.717, 1.165) is 21.0 Å². The van der Waals surface area contributed by atoms with Crippen molar-refractivity contribution in [2.24, 2.45) is 0 Å². The Bertz CT molecular complexity index is 41.0. The molecule has 3 heteroatoms. The molecule has 0 saturated heterocycles. The first-order valence-electron chi connectivity index (χ1n) is 2.17. The van der Waals surface area contributed by atoms with Crippen molar-refractivity contribution in [1.82, 2.24) is 0 Å². The molecule has 0 aliphatic carbocycles. The van der Waals surface area contributed by atoms with Crippen molar-refractivity contribution in [3.8, 4) is 0 Å². The van der Waals surface area contributed by atoms with E-state index in [1.54, 1.807) is 0 Å². The minimum absolute atomic E-state index is 0.931. The Balaban J connectivity index is 0. The lowest BCUT2D eigenvalue weighted by Crippen LogP contribution is -1.65. The summed E-state index contributed by atoms with van der Waals surface area (Å²) < 4.78 is 4.53. The fourth-order valence-electron chi connectivity index (χ4n) is 0. The van der Waals surface area contributed by atoms with Gasteiger partial charge >= 0.3 is 0 Å². The largest absolute Gasteiger partial charge is 0.471 e. The van der Waals surface area contributed by atoms with Crippen LogP contribution in [-0.4, -0.2) is 21.0 Å². The highest BCUT2D eigenvalue weighted by Gasteiger charge is 1.51. The Labute approximate surface area is 51.9 Å². The molecule has 0 spiro atoms. The molecule has 0 aromatic carbocycles. The molecule has 7 heavy (non-hydrogen) atoms. The molecule has 1 nitrogen and oxygen atoms in total. The van der Waals surface area contributed by atoms with Crippen LogP contribution in [0, 0.1) is 0 Å². The van der Waals surface area contributed by atoms with Gasteiger partial charge in [0.05, 0.1) is 0 Å². The fourth-order valence-corrected chi connectivity index (χ4v) is 0. The summed E-state index contributed by atoms with van der Waals surface area (Å²) in [6.07, 6.45) is 0. The van der Waals surface area contributed by atoms with Gasteiger partial charge in [0, 0.05) is 0 Å². The molecule has 0 aliphatic heterocycles. The van der Waals surface area contributed by atoms with E-state index in [2.05, 4.69) is 10.7 Å². The Kier molecular flexibility index (Phi) is 13.8. The van der Waals surface area contributed by atoms with Crippen molar-refractivity contribution in [2.45, 2.75) is 13.8 Å². The summed E-state index contributed by atoms with van der Waals surface area (Å²) in [5.41, 5.74) is 1.17. The Morgan fingerprint density at radius 3 is 1.43 bits per heavy atom. The molecule has 0 aromatic heterocycles. The van der Waals surface area contributed by atoms with Gasteiger partial charge in [-0.3, -0.25) is 0 Å². The van der Waals surface area contributed by atoms with Crippen LogP contribution in [0.5, 0.6) is 0 Å². The summed E-state index contributed by atoms with van der Waals surface area (Å²) >= 11 is 0. The van der Waals surface area contributed by atoms with Crippen LogP contribution in [-0.2, 0) is 4.12 Å². The van der Waals surface area contributed by atoms with Gasteiger partial charge in [-0.25, -0.2) is 0 Å². The summed E-state index contributed by atoms with van der Waals surface area (Å²) in [5.74, 6) is 0. The van der Waals surface area contributed by atoms with E-state index >= 15 is 0 Å². The predicted octanol–water partition coefficient (Wildman–Crippen LogP) is -0.854. The highest BCUT2D eigenvalue weighted by atomic mass is 28.3. The summed E-state index contributed by atoms with van der Waals surface area (Å²) in [4.78, 5) is 0. The van der Waals surface area contributed by atoms with Crippen molar-refractivity contribution in [2.75, 3.05) is 0 Å². The third kappa shape index (κ3) is 5860. The van der Waals surface area contributed by atoms with Gasteiger partial charge in [-0.1, -0.05) is 5.57 Å². The van der Waals surface area contributed by atoms with Crippen LogP contribution < -0.4 is 0 Å². The van der Waals surface area contributed by atoms with E-state index in [0.29, 0.717) is 0 Å². The third-order valence-electron chi connectivity index (χ3n) is 0. The van der Waals surface area contributed by atoms with E-state index in [1.807, 2.05) is 13.8 Å². The zero-order valence-corrected chi connectivity index (χ0v) is 9.62. The smallest absolute Gasteiger partial charge is 0.129 e. The first-order chi connectivity index (χ1) is 3.15. The standard InChI is InChI=1S/C4H8.H6OSi2/c1-4(2)3;2-1-3/h1H2,2-3H3;2-3H3. The molecular formula is C4H14OSi2. The second-order valence-electron chi connectivity index (χ2n) is 1.62. The SMILES string of the molecule is C=C(C)C.[SiH3]O[SiH3]. The van der Waals surface area contributed by atoms with E-state index in [9.17, 15) is 0 Å². The average Bonchev–Trinajstić information content (AvgIpc) is 1.33. The van der Waals surface area contributed by atoms with Crippen LogP contribution in [0.4, 0.5) is 0 Å². The highest BCUT2D eigenvalue weighted by molar-refractivity contribution is 6.15. The molecule has 0 bridgehead atoms. The number of allylic oxidation sites excluding steroid dienone is 1. The maximum atomic E-state index is 4.53. The fraction of sp³-hybridized carbons (Fsp3) is 0.500. The molecule has 0 amide bonds. The van der Waals surface area contributed by atoms with Gasteiger partial charge in [0.1, 0.15) is 21.0 Å². The van der Waals surface area contributed by atoms with E-state index in [-0.39, 0.29) is 0 Å². The van der Waals surface area contributed by atoms with Crippen molar-refractivity contribution in [3.05, 3.63) is 12.2 Å². The molecule has 0 N–H and O–H groups in total. The zero-order valence-electron chi connectivity index (χ0n) is 5.62. The third-order valence-corrected chi connectivity index (χ3v) is 0. The molecule has 0 saturated carbocycles. The first kappa shape index (κ1) is 10.2. The second-order valence-corrected chi connectivity index (χ2v) is 4.88. The summed E-state index contributed by atoms with van der Waals surface area (Å²) in [7, 11) is 1.86. The molecule has 0 atom stereocenters. The van der Waals surface area contributed by atoms with Crippen LogP contribution in [0.2, 0.25) is 0 Å². The molecule has 0 heterocycles. The van der Waals surface area contributed by atoms with Gasteiger partial charge in [-0.2, -0.15) is 0 Å². The van der Waals surface area contributed by atoms with Crippen molar-refractivity contribution in [1.29, 1.82) is 0 Å². The quantitative estimate of drug-likeness (QED) is 0.310. The lowest BCUT2D eigenvalue weighted by Gasteiger charge is -1.65. The highest BCUT2D eigenvalue weighted by Crippen LogP contribution is 1.73. The summed E-state index contributed by atoms with van der Waals surface area (Å²) in [5, 5.41) is 0. The van der Waals surface area contributed by atoms with Gasteiger partial charge in [-0.05, 0) is 13.8 Å². The molecule has 0 unspecified atom stereocenters. The monoisotopic (exact) mass is 134 g/mol. The van der Waals surface area contributed by atoms with Gasteiger partial charge in [0.2, 0.25) is 0 Å². The second kappa shape index (κ2) is 9.46. The van der Waals surface area contributed by atoms with E-state index in [1.165, 1.54) is 5.57 Å². The summed E-state index contributed by atoms with van der Waals surface area (Å²) in [6.45, 7) is 7.50. The van der Waals surface area contributed by atoms with Gasteiger partial charge in [0.15, 0.2) is 0 Å². The van der Waals surface area contributed by atoms with E-state index in [4.69, 9.17) is 0 Å². The van der Waals surface area contributed by atoms with E-state index < -0.39 is 0 Å². The van der Waals surface area contributed by atoms with Gasteiger partial charge in [-0.15, -0.1) is 6.58 Å². The van der Waals surface area contributed by atoms with Crippen LogP contribution in [0.15, 0.2) is 12.2 Å². The van der Waals surface area contributed by atoms with Gasteiger partial charge < -0.3 is 4.12 Å². The summed E-state index contributed by atoms with van der Waals surface area (Å²) in [6, 6.07) is 0. The Morgan fingerprint density at radius 1 is 1.43 bits per heavy atom. The van der Waals surface area contributed by atoms with Crippen molar-refractivity contribution < 1.29 is 4.12 Å². The van der Waals surface area contributed by atoms with Gasteiger partial charge in [0.25, 0.3) is 0 Å². The predicted molar refractivity (Wildman–Crippen MR) is 41.5 cm³/mol. The number of hydrogen-bond donors (Lipinski definition) is 0. The van der Waals surface area contributed by atoms with Crippen molar-refractivity contribution in [3.63, 3.8) is 0 Å². The van der Waals surface area contributed by atoms with Crippen molar-refractivity contribution >= 4 is 21.0 Å². The minimum Gasteiger partial charge on any atom is -0.471 e. The maximum Gasteiger partial charge on any atom is 0.129 e.